The van der Waals surface area contributed by atoms with Gasteiger partial charge < -0.3 is 0 Å². The van der Waals surface area contributed by atoms with Gasteiger partial charge in [0.2, 0.25) is 0 Å². The summed E-state index contributed by atoms with van der Waals surface area (Å²) in [7, 11) is -2.14. The van der Waals surface area contributed by atoms with E-state index in [2.05, 4.69) is 5.10 Å². The van der Waals surface area contributed by atoms with E-state index in [1.807, 2.05) is 62.4 Å². The van der Waals surface area contributed by atoms with Gasteiger partial charge in [-0.2, -0.15) is 5.10 Å². The third kappa shape index (κ3) is 3.12. The number of sulfonamides is 1. The Hall–Kier alpha value is -2.60. The van der Waals surface area contributed by atoms with Crippen LogP contribution in [0.3, 0.4) is 0 Å². The minimum atomic E-state index is -3.71. The molecule has 2 aromatic carbocycles. The van der Waals surface area contributed by atoms with Gasteiger partial charge in [0.05, 0.1) is 22.8 Å². The quantitative estimate of drug-likeness (QED) is 0.700. The first-order valence-corrected chi connectivity index (χ1v) is 9.84. The Bertz CT molecular complexity index is 1030. The molecule has 0 aliphatic rings. The zero-order valence-corrected chi connectivity index (χ0v) is 16.5. The second-order valence-corrected chi connectivity index (χ2v) is 8.46. The lowest BCUT2D eigenvalue weighted by Crippen LogP contribution is -2.27. The number of hydrogen-bond acceptors (Lipinski definition) is 3. The van der Waals surface area contributed by atoms with E-state index < -0.39 is 10.0 Å². The number of benzene rings is 2. The molecule has 3 rings (SSSR count). The van der Waals surface area contributed by atoms with Gasteiger partial charge in [-0.3, -0.25) is 4.31 Å². The summed E-state index contributed by atoms with van der Waals surface area (Å²) in [4.78, 5) is 0.251. The van der Waals surface area contributed by atoms with Crippen LogP contribution in [0.1, 0.15) is 22.5 Å². The molecule has 0 spiro atoms. The lowest BCUT2D eigenvalue weighted by Gasteiger charge is -2.20. The Morgan fingerprint density at radius 2 is 1.35 bits per heavy atom. The Morgan fingerprint density at radius 1 is 0.846 bits per heavy atom. The molecule has 0 aliphatic carbocycles. The smallest absolute Gasteiger partial charge is 0.267 e. The largest absolute Gasteiger partial charge is 0.269 e. The summed E-state index contributed by atoms with van der Waals surface area (Å²) >= 11 is 0. The molecule has 0 saturated heterocycles. The fraction of sp³-hybridized carbons (Fsp3) is 0.250. The summed E-state index contributed by atoms with van der Waals surface area (Å²) in [6.07, 6.45) is 0. The molecule has 0 saturated carbocycles. The second kappa shape index (κ2) is 6.61. The first-order valence-electron chi connectivity index (χ1n) is 8.40. The molecule has 0 radical (unpaired) electrons. The van der Waals surface area contributed by atoms with Crippen molar-refractivity contribution in [3.8, 4) is 5.69 Å². The molecule has 0 fully saturated rings. The summed E-state index contributed by atoms with van der Waals surface area (Å²) in [6.45, 7) is 7.50. The molecule has 0 atom stereocenters. The van der Waals surface area contributed by atoms with Crippen LogP contribution in [0.4, 0.5) is 5.69 Å². The molecular weight excluding hydrogens is 346 g/mol. The van der Waals surface area contributed by atoms with Crippen LogP contribution in [0.5, 0.6) is 0 Å². The van der Waals surface area contributed by atoms with Gasteiger partial charge in [-0.05, 0) is 52.0 Å². The van der Waals surface area contributed by atoms with Gasteiger partial charge >= 0.3 is 0 Å². The first-order chi connectivity index (χ1) is 12.2. The van der Waals surface area contributed by atoms with E-state index in [1.54, 1.807) is 25.6 Å². The highest BCUT2D eigenvalue weighted by atomic mass is 32.2. The standard InChI is InChI=1S/C20H23N3O2S/c1-14-6-10-18(11-7-14)22(5)26(24,25)20-16(3)21-23(17(20)4)19-12-8-15(2)9-13-19/h6-13H,1-5H3. The second-order valence-electron chi connectivity index (χ2n) is 6.56. The van der Waals surface area contributed by atoms with Crippen molar-refractivity contribution < 1.29 is 8.42 Å². The minimum Gasteiger partial charge on any atom is -0.269 e. The van der Waals surface area contributed by atoms with Crippen molar-refractivity contribution in [1.29, 1.82) is 0 Å². The molecule has 0 amide bonds. The van der Waals surface area contributed by atoms with Crippen LogP contribution >= 0.6 is 0 Å². The first kappa shape index (κ1) is 18.2. The van der Waals surface area contributed by atoms with Crippen LogP contribution in [0.2, 0.25) is 0 Å². The average Bonchev–Trinajstić information content (AvgIpc) is 2.90. The zero-order chi connectivity index (χ0) is 19.1. The molecule has 0 bridgehead atoms. The van der Waals surface area contributed by atoms with Crippen LogP contribution in [0.15, 0.2) is 53.4 Å². The van der Waals surface area contributed by atoms with E-state index in [1.165, 1.54) is 4.31 Å². The fourth-order valence-corrected chi connectivity index (χ4v) is 4.52. The normalized spacial score (nSPS) is 11.6. The van der Waals surface area contributed by atoms with Crippen molar-refractivity contribution in [3.05, 3.63) is 71.0 Å². The highest BCUT2D eigenvalue weighted by Crippen LogP contribution is 2.28. The van der Waals surface area contributed by atoms with Crippen molar-refractivity contribution in [2.24, 2.45) is 0 Å². The molecular formula is C20H23N3O2S. The predicted octanol–water partition coefficient (Wildman–Crippen LogP) is 3.93. The molecule has 1 heterocycles. The minimum absolute atomic E-state index is 0.251. The molecule has 1 aromatic heterocycles. The van der Waals surface area contributed by atoms with Gasteiger partial charge in [0, 0.05) is 7.05 Å². The zero-order valence-electron chi connectivity index (χ0n) is 15.7. The molecule has 5 nitrogen and oxygen atoms in total. The number of aryl methyl sites for hydroxylation is 3. The molecule has 26 heavy (non-hydrogen) atoms. The highest BCUT2D eigenvalue weighted by molar-refractivity contribution is 7.92. The van der Waals surface area contributed by atoms with Crippen molar-refractivity contribution >= 4 is 15.7 Å². The van der Waals surface area contributed by atoms with Crippen LogP contribution in [-0.4, -0.2) is 25.2 Å². The number of anilines is 1. The molecule has 136 valence electrons. The van der Waals surface area contributed by atoms with Gasteiger partial charge in [0.15, 0.2) is 0 Å². The maximum absolute atomic E-state index is 13.2. The van der Waals surface area contributed by atoms with Crippen LogP contribution < -0.4 is 4.31 Å². The summed E-state index contributed by atoms with van der Waals surface area (Å²) in [6, 6.07) is 15.3. The van der Waals surface area contributed by atoms with E-state index in [0.717, 1.165) is 16.8 Å². The third-order valence-corrected chi connectivity index (χ3v) is 6.56. The fourth-order valence-electron chi connectivity index (χ4n) is 2.97. The Balaban J connectivity index is 2.08. The lowest BCUT2D eigenvalue weighted by atomic mass is 10.2. The molecule has 0 unspecified atom stereocenters. The van der Waals surface area contributed by atoms with E-state index >= 15 is 0 Å². The Kier molecular flexibility index (Phi) is 4.63. The van der Waals surface area contributed by atoms with E-state index in [4.69, 9.17) is 0 Å². The van der Waals surface area contributed by atoms with Gasteiger partial charge in [-0.15, -0.1) is 0 Å². The number of aromatic nitrogens is 2. The maximum Gasteiger partial charge on any atom is 0.267 e. The summed E-state index contributed by atoms with van der Waals surface area (Å²) in [5, 5.41) is 4.48. The lowest BCUT2D eigenvalue weighted by molar-refractivity contribution is 0.593. The maximum atomic E-state index is 13.2. The van der Waals surface area contributed by atoms with Crippen LogP contribution in [-0.2, 0) is 10.0 Å². The van der Waals surface area contributed by atoms with Crippen molar-refractivity contribution in [3.63, 3.8) is 0 Å². The highest BCUT2D eigenvalue weighted by Gasteiger charge is 2.29. The van der Waals surface area contributed by atoms with E-state index in [9.17, 15) is 8.42 Å². The predicted molar refractivity (Wildman–Crippen MR) is 105 cm³/mol. The topological polar surface area (TPSA) is 55.2 Å². The molecule has 0 N–H and O–H groups in total. The van der Waals surface area contributed by atoms with Crippen molar-refractivity contribution in [2.75, 3.05) is 11.4 Å². The summed E-state index contributed by atoms with van der Waals surface area (Å²) in [5.41, 5.74) is 4.78. The molecule has 0 aliphatic heterocycles. The third-order valence-electron chi connectivity index (χ3n) is 4.52. The van der Waals surface area contributed by atoms with Gasteiger partial charge in [0.25, 0.3) is 10.0 Å². The Morgan fingerprint density at radius 3 is 1.88 bits per heavy atom. The summed E-state index contributed by atoms with van der Waals surface area (Å²) in [5.74, 6) is 0. The van der Waals surface area contributed by atoms with E-state index in [0.29, 0.717) is 17.1 Å². The van der Waals surface area contributed by atoms with Gasteiger partial charge in [-0.1, -0.05) is 35.4 Å². The monoisotopic (exact) mass is 369 g/mol. The van der Waals surface area contributed by atoms with Crippen molar-refractivity contribution in [1.82, 2.24) is 9.78 Å². The van der Waals surface area contributed by atoms with Crippen LogP contribution in [0, 0.1) is 27.7 Å². The number of rotatable bonds is 4. The average molecular weight is 369 g/mol. The number of hydrogen-bond donors (Lipinski definition) is 0. The van der Waals surface area contributed by atoms with Crippen molar-refractivity contribution in [2.45, 2.75) is 32.6 Å². The molecule has 6 heteroatoms. The number of nitrogens with zero attached hydrogens (tertiary/aromatic N) is 3. The SMILES string of the molecule is Cc1ccc(N(C)S(=O)(=O)c2c(C)nn(-c3ccc(C)cc3)c2C)cc1. The molecule has 3 aromatic rings. The summed E-state index contributed by atoms with van der Waals surface area (Å²) < 4.78 is 29.5. The van der Waals surface area contributed by atoms with Gasteiger partial charge in [0.1, 0.15) is 4.90 Å². The van der Waals surface area contributed by atoms with E-state index in [-0.39, 0.29) is 4.90 Å². The Labute approximate surface area is 154 Å². The van der Waals surface area contributed by atoms with Gasteiger partial charge in [-0.25, -0.2) is 13.1 Å². The van der Waals surface area contributed by atoms with Crippen LogP contribution in [0.25, 0.3) is 5.69 Å².